The molecule has 0 heterocycles. The van der Waals surface area contributed by atoms with Gasteiger partial charge in [0.2, 0.25) is 0 Å². The Morgan fingerprint density at radius 2 is 0.778 bits per heavy atom. The van der Waals surface area contributed by atoms with Crippen molar-refractivity contribution in [1.29, 1.82) is 0 Å². The Bertz CT molecular complexity index is 839. The van der Waals surface area contributed by atoms with Crippen molar-refractivity contribution in [2.45, 2.75) is 0 Å². The average Bonchev–Trinajstić information content (AvgIpc) is 2.70. The molecule has 0 atom stereocenters. The van der Waals surface area contributed by atoms with Crippen LogP contribution in [0.4, 0.5) is 0 Å². The van der Waals surface area contributed by atoms with Crippen LogP contribution in [0.3, 0.4) is 0 Å². The number of benzene rings is 4. The van der Waals surface area contributed by atoms with E-state index in [1.54, 1.807) is 0 Å². The molecule has 0 spiro atoms. The van der Waals surface area contributed by atoms with Gasteiger partial charge in [-0.2, -0.15) is 0 Å². The first-order valence-corrected chi connectivity index (χ1v) is 13.8. The Kier molecular flexibility index (Phi) is 6.66. The summed E-state index contributed by atoms with van der Waals surface area (Å²) in [5.74, 6) is 0. The number of rotatable bonds is 6. The Balaban J connectivity index is 1.64. The molecule has 0 nitrogen and oxygen atoms in total. The summed E-state index contributed by atoms with van der Waals surface area (Å²) in [6, 6.07) is 40.9. The normalized spacial score (nSPS) is 10.7. The van der Waals surface area contributed by atoms with Gasteiger partial charge in [-0.3, -0.25) is 0 Å². The summed E-state index contributed by atoms with van der Waals surface area (Å²) >= 11 is 0.927. The Labute approximate surface area is 179 Å². The molecule has 4 rings (SSSR count). The van der Waals surface area contributed by atoms with Crippen LogP contribution >= 0.6 is 0 Å². The SMILES string of the molecule is [c]1c([Se]c2ccccc2)cc([Se]c2ccccc2)cc1[Se]c1ccccc1. The topological polar surface area (TPSA) is 0 Å². The molecule has 0 N–H and O–H groups in total. The van der Waals surface area contributed by atoms with Crippen LogP contribution < -0.4 is 26.8 Å². The zero-order valence-electron chi connectivity index (χ0n) is 14.5. The Morgan fingerprint density at radius 3 is 1.19 bits per heavy atom. The molecule has 0 aromatic heterocycles. The van der Waals surface area contributed by atoms with Gasteiger partial charge in [-0.15, -0.1) is 0 Å². The quantitative estimate of drug-likeness (QED) is 0.311. The summed E-state index contributed by atoms with van der Waals surface area (Å²) in [5, 5.41) is 0. The zero-order valence-corrected chi connectivity index (χ0v) is 19.7. The van der Waals surface area contributed by atoms with Gasteiger partial charge in [-0.1, -0.05) is 0 Å². The second-order valence-electron chi connectivity index (χ2n) is 5.79. The monoisotopic (exact) mass is 545 g/mol. The van der Waals surface area contributed by atoms with E-state index < -0.39 is 0 Å². The van der Waals surface area contributed by atoms with Crippen LogP contribution in [-0.2, 0) is 0 Å². The van der Waals surface area contributed by atoms with Crippen molar-refractivity contribution in [3.8, 4) is 0 Å². The van der Waals surface area contributed by atoms with Crippen molar-refractivity contribution in [3.63, 3.8) is 0 Å². The van der Waals surface area contributed by atoms with Crippen LogP contribution in [0.5, 0.6) is 0 Å². The summed E-state index contributed by atoms with van der Waals surface area (Å²) in [7, 11) is 0. The van der Waals surface area contributed by atoms with E-state index in [1.807, 2.05) is 0 Å². The van der Waals surface area contributed by atoms with Crippen LogP contribution in [0.15, 0.2) is 103 Å². The molecule has 3 heteroatoms. The molecule has 0 aliphatic heterocycles. The third kappa shape index (κ3) is 5.71. The molecule has 0 bridgehead atoms. The van der Waals surface area contributed by atoms with Crippen molar-refractivity contribution >= 4 is 71.6 Å². The first-order chi connectivity index (χ1) is 13.3. The molecule has 4 aromatic rings. The molecule has 131 valence electrons. The molecule has 0 saturated carbocycles. The molecule has 0 aliphatic carbocycles. The standard InChI is InChI=1S/C24H17Se3/c1-4-10-19(11-5-1)25-22-16-23(26-20-12-6-2-7-13-20)18-24(17-22)27-21-14-8-3-9-15-21/h1-17H. The fourth-order valence-electron chi connectivity index (χ4n) is 2.52. The van der Waals surface area contributed by atoms with Gasteiger partial charge in [0.15, 0.2) is 0 Å². The first kappa shape index (κ1) is 18.8. The fraction of sp³-hybridized carbons (Fsp3) is 0. The second kappa shape index (κ2) is 9.58. The maximum atomic E-state index is 3.73. The summed E-state index contributed by atoms with van der Waals surface area (Å²) < 4.78 is 8.40. The fourth-order valence-corrected chi connectivity index (χ4v) is 9.28. The Hall–Kier alpha value is -1.56. The second-order valence-corrected chi connectivity index (χ2v) is 12.9. The molecule has 1 radical (unpaired) electrons. The predicted molar refractivity (Wildman–Crippen MR) is 120 cm³/mol. The molecular weight excluding hydrogens is 525 g/mol. The van der Waals surface area contributed by atoms with Gasteiger partial charge in [0, 0.05) is 0 Å². The van der Waals surface area contributed by atoms with E-state index in [0.29, 0.717) is 44.9 Å². The number of hydrogen-bond acceptors (Lipinski definition) is 0. The van der Waals surface area contributed by atoms with Gasteiger partial charge in [0.1, 0.15) is 0 Å². The molecule has 0 fully saturated rings. The van der Waals surface area contributed by atoms with Crippen molar-refractivity contribution in [2.24, 2.45) is 0 Å². The van der Waals surface area contributed by atoms with Gasteiger partial charge in [0.25, 0.3) is 0 Å². The van der Waals surface area contributed by atoms with Crippen molar-refractivity contribution in [3.05, 3.63) is 109 Å². The summed E-state index contributed by atoms with van der Waals surface area (Å²) in [5.41, 5.74) is 0. The van der Waals surface area contributed by atoms with Crippen LogP contribution in [-0.4, -0.2) is 44.9 Å². The van der Waals surface area contributed by atoms with E-state index in [-0.39, 0.29) is 0 Å². The summed E-state index contributed by atoms with van der Waals surface area (Å²) in [6.45, 7) is 0. The van der Waals surface area contributed by atoms with Gasteiger partial charge >= 0.3 is 181 Å². The third-order valence-corrected chi connectivity index (χ3v) is 9.75. The van der Waals surface area contributed by atoms with E-state index >= 15 is 0 Å². The average molecular weight is 542 g/mol. The molecule has 0 unspecified atom stereocenters. The van der Waals surface area contributed by atoms with E-state index in [9.17, 15) is 0 Å². The molecule has 27 heavy (non-hydrogen) atoms. The van der Waals surface area contributed by atoms with E-state index in [0.717, 1.165) is 0 Å². The summed E-state index contributed by atoms with van der Waals surface area (Å²) in [6.07, 6.45) is 0. The van der Waals surface area contributed by atoms with Crippen LogP contribution in [0, 0.1) is 6.07 Å². The van der Waals surface area contributed by atoms with Gasteiger partial charge in [-0.05, 0) is 0 Å². The van der Waals surface area contributed by atoms with Crippen molar-refractivity contribution in [1.82, 2.24) is 0 Å². The van der Waals surface area contributed by atoms with Gasteiger partial charge in [0.05, 0.1) is 0 Å². The molecule has 0 saturated heterocycles. The zero-order chi connectivity index (χ0) is 18.3. The van der Waals surface area contributed by atoms with E-state index in [1.165, 1.54) is 26.8 Å². The maximum absolute atomic E-state index is 3.73. The van der Waals surface area contributed by atoms with Gasteiger partial charge < -0.3 is 0 Å². The van der Waals surface area contributed by atoms with Crippen LogP contribution in [0.1, 0.15) is 0 Å². The first-order valence-electron chi connectivity index (χ1n) is 8.61. The summed E-state index contributed by atoms with van der Waals surface area (Å²) in [4.78, 5) is 0. The molecule has 0 amide bonds. The van der Waals surface area contributed by atoms with Crippen LogP contribution in [0.25, 0.3) is 0 Å². The minimum atomic E-state index is 0.297. The van der Waals surface area contributed by atoms with E-state index in [4.69, 9.17) is 0 Å². The van der Waals surface area contributed by atoms with Crippen molar-refractivity contribution in [2.75, 3.05) is 0 Å². The Morgan fingerprint density at radius 1 is 0.407 bits per heavy atom. The van der Waals surface area contributed by atoms with Gasteiger partial charge in [-0.25, -0.2) is 0 Å². The minimum absolute atomic E-state index is 0.297. The molecular formula is C24H17Se3. The molecule has 4 aromatic carbocycles. The molecule has 0 aliphatic rings. The van der Waals surface area contributed by atoms with E-state index in [2.05, 4.69) is 109 Å². The van der Waals surface area contributed by atoms with Crippen LogP contribution in [0.2, 0.25) is 0 Å². The predicted octanol–water partition coefficient (Wildman–Crippen LogP) is 0.452. The third-order valence-electron chi connectivity index (χ3n) is 3.71. The number of hydrogen-bond donors (Lipinski definition) is 0. The van der Waals surface area contributed by atoms with Crippen molar-refractivity contribution < 1.29 is 0 Å².